The molecule has 1 aliphatic rings. The van der Waals surface area contributed by atoms with Crippen LogP contribution in [0.15, 0.2) is 0 Å². The molecular weight excluding hydrogens is 260 g/mol. The van der Waals surface area contributed by atoms with E-state index in [-0.39, 0.29) is 0 Å². The van der Waals surface area contributed by atoms with Crippen molar-refractivity contribution >= 4 is 10.0 Å². The fourth-order valence-electron chi connectivity index (χ4n) is 2.34. The maximum Gasteiger partial charge on any atom is 0.214 e. The summed E-state index contributed by atoms with van der Waals surface area (Å²) in [5.41, 5.74) is 0.302. The van der Waals surface area contributed by atoms with Gasteiger partial charge in [-0.3, -0.25) is 0 Å². The van der Waals surface area contributed by atoms with E-state index in [9.17, 15) is 8.42 Å². The smallest absolute Gasteiger partial charge is 0.214 e. The molecular formula is C14H30N2O2S. The molecule has 1 aliphatic heterocycles. The van der Waals surface area contributed by atoms with Crippen LogP contribution >= 0.6 is 0 Å². The molecule has 0 aromatic carbocycles. The first kappa shape index (κ1) is 16.9. The summed E-state index contributed by atoms with van der Waals surface area (Å²) in [6.45, 7) is 9.92. The SMILES string of the molecule is CCCNCCCCS(=O)(=O)N1CCC(C)(C)CC1. The van der Waals surface area contributed by atoms with E-state index < -0.39 is 10.0 Å². The Hall–Kier alpha value is -0.130. The average Bonchev–Trinajstić information content (AvgIpc) is 2.33. The third kappa shape index (κ3) is 6.23. The molecule has 1 rings (SSSR count). The molecule has 1 fully saturated rings. The monoisotopic (exact) mass is 290 g/mol. The maximum atomic E-state index is 12.2. The molecule has 0 atom stereocenters. The molecule has 1 heterocycles. The molecule has 4 nitrogen and oxygen atoms in total. The first-order valence-corrected chi connectivity index (χ1v) is 9.17. The van der Waals surface area contributed by atoms with Crippen LogP contribution in [0.1, 0.15) is 52.9 Å². The molecule has 5 heteroatoms. The summed E-state index contributed by atoms with van der Waals surface area (Å²) in [4.78, 5) is 0. The molecule has 0 spiro atoms. The lowest BCUT2D eigenvalue weighted by Crippen LogP contribution is -2.42. The molecule has 1 saturated heterocycles. The third-order valence-electron chi connectivity index (χ3n) is 3.90. The first-order valence-electron chi connectivity index (χ1n) is 7.56. The van der Waals surface area contributed by atoms with Gasteiger partial charge in [-0.2, -0.15) is 0 Å². The topological polar surface area (TPSA) is 49.4 Å². The number of piperidine rings is 1. The highest BCUT2D eigenvalue weighted by Crippen LogP contribution is 2.30. The normalized spacial score (nSPS) is 20.6. The van der Waals surface area contributed by atoms with Crippen molar-refractivity contribution in [3.8, 4) is 0 Å². The lowest BCUT2D eigenvalue weighted by molar-refractivity contribution is 0.196. The minimum atomic E-state index is -3.02. The van der Waals surface area contributed by atoms with Crippen LogP contribution in [0, 0.1) is 5.41 Å². The highest BCUT2D eigenvalue weighted by molar-refractivity contribution is 7.89. The molecule has 1 N–H and O–H groups in total. The Balaban J connectivity index is 2.25. The Labute approximate surface area is 119 Å². The van der Waals surface area contributed by atoms with Crippen LogP contribution < -0.4 is 5.32 Å². The Bertz CT molecular complexity index is 342. The van der Waals surface area contributed by atoms with Gasteiger partial charge >= 0.3 is 0 Å². The molecule has 0 aliphatic carbocycles. The van der Waals surface area contributed by atoms with Crippen LogP contribution in [0.25, 0.3) is 0 Å². The van der Waals surface area contributed by atoms with E-state index in [0.29, 0.717) is 24.3 Å². The second kappa shape index (κ2) is 7.60. The molecule has 0 unspecified atom stereocenters. The van der Waals surface area contributed by atoms with E-state index in [1.54, 1.807) is 4.31 Å². The van der Waals surface area contributed by atoms with Gasteiger partial charge in [-0.1, -0.05) is 20.8 Å². The standard InChI is InChI=1S/C14H30N2O2S/c1-4-9-15-10-5-6-13-19(17,18)16-11-7-14(2,3)8-12-16/h15H,4-13H2,1-3H3. The minimum absolute atomic E-state index is 0.302. The van der Waals surface area contributed by atoms with Gasteiger partial charge in [-0.25, -0.2) is 12.7 Å². The summed E-state index contributed by atoms with van der Waals surface area (Å²) < 4.78 is 26.1. The van der Waals surface area contributed by atoms with Crippen LogP contribution in [-0.4, -0.2) is 44.7 Å². The summed E-state index contributed by atoms with van der Waals surface area (Å²) in [5.74, 6) is 0.307. The Kier molecular flexibility index (Phi) is 6.77. The quantitative estimate of drug-likeness (QED) is 0.697. The molecule has 114 valence electrons. The zero-order valence-electron chi connectivity index (χ0n) is 12.7. The van der Waals surface area contributed by atoms with E-state index in [4.69, 9.17) is 0 Å². The largest absolute Gasteiger partial charge is 0.317 e. The number of unbranched alkanes of at least 4 members (excludes halogenated alkanes) is 1. The Morgan fingerprint density at radius 3 is 2.32 bits per heavy atom. The van der Waals surface area contributed by atoms with Crippen LogP contribution in [0.4, 0.5) is 0 Å². The molecule has 0 amide bonds. The van der Waals surface area contributed by atoms with Gasteiger partial charge in [-0.05, 0) is 50.6 Å². The Morgan fingerprint density at radius 2 is 1.74 bits per heavy atom. The Morgan fingerprint density at radius 1 is 1.11 bits per heavy atom. The fourth-order valence-corrected chi connectivity index (χ4v) is 3.90. The van der Waals surface area contributed by atoms with Gasteiger partial charge in [0.1, 0.15) is 0 Å². The lowest BCUT2D eigenvalue weighted by atomic mass is 9.83. The third-order valence-corrected chi connectivity index (χ3v) is 5.86. The molecule has 0 aromatic rings. The van der Waals surface area contributed by atoms with E-state index >= 15 is 0 Å². The van der Waals surface area contributed by atoms with Crippen molar-refractivity contribution in [2.24, 2.45) is 5.41 Å². The van der Waals surface area contributed by atoms with Crippen molar-refractivity contribution in [1.82, 2.24) is 9.62 Å². The van der Waals surface area contributed by atoms with Gasteiger partial charge in [0, 0.05) is 13.1 Å². The molecule has 0 saturated carbocycles. The molecule has 0 aromatic heterocycles. The van der Waals surface area contributed by atoms with Crippen molar-refractivity contribution in [3.63, 3.8) is 0 Å². The van der Waals surface area contributed by atoms with Crippen molar-refractivity contribution in [2.75, 3.05) is 31.9 Å². The number of nitrogens with zero attached hydrogens (tertiary/aromatic N) is 1. The highest BCUT2D eigenvalue weighted by atomic mass is 32.2. The first-order chi connectivity index (χ1) is 8.87. The summed E-state index contributed by atoms with van der Waals surface area (Å²) >= 11 is 0. The van der Waals surface area contributed by atoms with Crippen molar-refractivity contribution < 1.29 is 8.42 Å². The molecule has 0 bridgehead atoms. The van der Waals surface area contributed by atoms with Crippen molar-refractivity contribution in [3.05, 3.63) is 0 Å². The molecule has 0 radical (unpaired) electrons. The van der Waals surface area contributed by atoms with Crippen LogP contribution in [0.3, 0.4) is 0 Å². The van der Waals surface area contributed by atoms with Gasteiger partial charge in [0.25, 0.3) is 0 Å². The average molecular weight is 290 g/mol. The number of hydrogen-bond donors (Lipinski definition) is 1. The number of rotatable bonds is 8. The number of hydrogen-bond acceptors (Lipinski definition) is 3. The highest BCUT2D eigenvalue weighted by Gasteiger charge is 2.31. The van der Waals surface area contributed by atoms with E-state index in [1.165, 1.54) is 0 Å². The van der Waals surface area contributed by atoms with E-state index in [2.05, 4.69) is 26.1 Å². The van der Waals surface area contributed by atoms with Gasteiger partial charge in [0.05, 0.1) is 5.75 Å². The zero-order chi connectivity index (χ0) is 14.4. The van der Waals surface area contributed by atoms with Crippen molar-refractivity contribution in [2.45, 2.75) is 52.9 Å². The number of nitrogens with one attached hydrogen (secondary N) is 1. The van der Waals surface area contributed by atoms with Gasteiger partial charge < -0.3 is 5.32 Å². The predicted molar refractivity (Wildman–Crippen MR) is 80.8 cm³/mol. The van der Waals surface area contributed by atoms with Crippen LogP contribution in [-0.2, 0) is 10.0 Å². The summed E-state index contributed by atoms with van der Waals surface area (Å²) in [6, 6.07) is 0. The van der Waals surface area contributed by atoms with Gasteiger partial charge in [0.15, 0.2) is 0 Å². The minimum Gasteiger partial charge on any atom is -0.317 e. The lowest BCUT2D eigenvalue weighted by Gasteiger charge is -2.36. The summed E-state index contributed by atoms with van der Waals surface area (Å²) in [7, 11) is -3.02. The zero-order valence-corrected chi connectivity index (χ0v) is 13.6. The van der Waals surface area contributed by atoms with Gasteiger partial charge in [0.2, 0.25) is 10.0 Å². The van der Waals surface area contributed by atoms with E-state index in [1.807, 2.05) is 0 Å². The summed E-state index contributed by atoms with van der Waals surface area (Å²) in [6.07, 6.45) is 4.79. The van der Waals surface area contributed by atoms with E-state index in [0.717, 1.165) is 45.2 Å². The fraction of sp³-hybridized carbons (Fsp3) is 1.00. The van der Waals surface area contributed by atoms with Crippen molar-refractivity contribution in [1.29, 1.82) is 0 Å². The van der Waals surface area contributed by atoms with Crippen LogP contribution in [0.5, 0.6) is 0 Å². The summed E-state index contributed by atoms with van der Waals surface area (Å²) in [5, 5.41) is 3.30. The molecule has 19 heavy (non-hydrogen) atoms. The maximum absolute atomic E-state index is 12.2. The predicted octanol–water partition coefficient (Wildman–Crippen LogP) is 2.22. The van der Waals surface area contributed by atoms with Gasteiger partial charge in [-0.15, -0.1) is 0 Å². The second-order valence-corrected chi connectivity index (χ2v) is 8.42. The second-order valence-electron chi connectivity index (χ2n) is 6.34. The van der Waals surface area contributed by atoms with Crippen LogP contribution in [0.2, 0.25) is 0 Å². The number of sulfonamides is 1.